The molecule has 0 radical (unpaired) electrons. The summed E-state index contributed by atoms with van der Waals surface area (Å²) in [6.07, 6.45) is 0. The highest BCUT2D eigenvalue weighted by Crippen LogP contribution is 2.43. The molecule has 0 spiro atoms. The van der Waals surface area contributed by atoms with Gasteiger partial charge < -0.3 is 8.98 Å². The molecule has 7 aromatic carbocycles. The summed E-state index contributed by atoms with van der Waals surface area (Å²) in [5.74, 6) is 0.589. The lowest BCUT2D eigenvalue weighted by molar-refractivity contribution is 0.666. The van der Waals surface area contributed by atoms with Gasteiger partial charge in [-0.2, -0.15) is 0 Å². The molecule has 11 aromatic rings. The maximum Gasteiger partial charge on any atom is 0.165 e. The molecule has 0 amide bonds. The lowest BCUT2D eigenvalue weighted by Gasteiger charge is -2.10. The first kappa shape index (κ1) is 23.7. The van der Waals surface area contributed by atoms with Crippen molar-refractivity contribution in [2.75, 3.05) is 0 Å². The van der Waals surface area contributed by atoms with Gasteiger partial charge in [-0.15, -0.1) is 11.3 Å². The number of hydrogen-bond donors (Lipinski definition) is 0. The lowest BCUT2D eigenvalue weighted by atomic mass is 10.0. The van der Waals surface area contributed by atoms with Crippen molar-refractivity contribution in [3.8, 4) is 39.9 Å². The standard InChI is InChI=1S/C45H26N4OS/c1-2-13-27(14-3-1)43-46-44(48-45(47-43)34-21-10-18-31-30-17-6-9-26-39(30)51-42(31)34)33-20-12-25-38-40(33)32-19-11-24-37(41(32)50-38)49-35-22-7-4-15-28(35)29-16-5-8-23-36(29)49/h1-26H/i1D,2D,3D,13D,14D. The van der Waals surface area contributed by atoms with E-state index in [2.05, 4.69) is 65.2 Å². The Morgan fingerprint density at radius 1 is 0.529 bits per heavy atom. The van der Waals surface area contributed by atoms with Gasteiger partial charge in [-0.05, 0) is 36.4 Å². The second-order valence-corrected chi connectivity index (χ2v) is 13.4. The second kappa shape index (κ2) is 10.9. The molecule has 0 fully saturated rings. The Bertz CT molecular complexity index is 3380. The van der Waals surface area contributed by atoms with Gasteiger partial charge >= 0.3 is 0 Å². The molecule has 0 bridgehead atoms. The summed E-state index contributed by atoms with van der Waals surface area (Å²) in [4.78, 5) is 14.9. The minimum atomic E-state index is -0.484. The van der Waals surface area contributed by atoms with Crippen molar-refractivity contribution in [2.45, 2.75) is 0 Å². The Labute approximate surface area is 302 Å². The number of aromatic nitrogens is 4. The third-order valence-corrected chi connectivity index (χ3v) is 10.8. The Morgan fingerprint density at radius 3 is 1.94 bits per heavy atom. The zero-order chi connectivity index (χ0) is 37.8. The summed E-state index contributed by atoms with van der Waals surface area (Å²) in [6.45, 7) is 0. The van der Waals surface area contributed by atoms with Crippen LogP contribution in [0.4, 0.5) is 0 Å². The van der Waals surface area contributed by atoms with Crippen molar-refractivity contribution in [3.05, 3.63) is 158 Å². The van der Waals surface area contributed by atoms with Crippen molar-refractivity contribution in [2.24, 2.45) is 0 Å². The monoisotopic (exact) mass is 675 g/mol. The molecule has 6 heteroatoms. The van der Waals surface area contributed by atoms with Crippen LogP contribution < -0.4 is 0 Å². The van der Waals surface area contributed by atoms with Crippen LogP contribution in [0.5, 0.6) is 0 Å². The van der Waals surface area contributed by atoms with Crippen LogP contribution in [-0.2, 0) is 0 Å². The van der Waals surface area contributed by atoms with Crippen LogP contribution >= 0.6 is 11.3 Å². The minimum absolute atomic E-state index is 0.0177. The average molecular weight is 676 g/mol. The smallest absolute Gasteiger partial charge is 0.165 e. The van der Waals surface area contributed by atoms with Gasteiger partial charge in [0.25, 0.3) is 0 Å². The fourth-order valence-corrected chi connectivity index (χ4v) is 8.60. The molecule has 0 aliphatic rings. The molecule has 51 heavy (non-hydrogen) atoms. The van der Waals surface area contributed by atoms with Crippen molar-refractivity contribution in [1.29, 1.82) is 0 Å². The Hall–Kier alpha value is -6.63. The van der Waals surface area contributed by atoms with Gasteiger partial charge in [-0.25, -0.2) is 15.0 Å². The fraction of sp³-hybridized carbons (Fsp3) is 0. The predicted octanol–water partition coefficient (Wildman–Crippen LogP) is 12.2. The second-order valence-electron chi connectivity index (χ2n) is 12.4. The van der Waals surface area contributed by atoms with E-state index in [4.69, 9.17) is 26.2 Å². The minimum Gasteiger partial charge on any atom is -0.454 e. The molecule has 238 valence electrons. The van der Waals surface area contributed by atoms with E-state index in [1.807, 2.05) is 66.7 Å². The van der Waals surface area contributed by atoms with E-state index in [0.717, 1.165) is 64.0 Å². The molecule has 0 unspecified atom stereocenters. The number of nitrogens with zero attached hydrogens (tertiary/aromatic N) is 4. The van der Waals surface area contributed by atoms with E-state index in [1.165, 1.54) is 0 Å². The number of furan rings is 1. The SMILES string of the molecule is [2H]c1c([2H])c([2H])c(-c2nc(-c3cccc4c3sc3ccccc34)nc(-c3cccc4oc5c(-n6c7ccccc7c7ccccc76)cccc5c34)n2)c([2H])c1[2H]. The highest BCUT2D eigenvalue weighted by atomic mass is 32.1. The van der Waals surface area contributed by atoms with E-state index >= 15 is 0 Å². The van der Waals surface area contributed by atoms with Crippen molar-refractivity contribution in [1.82, 2.24) is 19.5 Å². The zero-order valence-corrected chi connectivity index (χ0v) is 27.5. The maximum atomic E-state index is 8.86. The predicted molar refractivity (Wildman–Crippen MR) is 211 cm³/mol. The summed E-state index contributed by atoms with van der Waals surface area (Å²) in [5.41, 5.74) is 5.63. The highest BCUT2D eigenvalue weighted by Gasteiger charge is 2.22. The number of para-hydroxylation sites is 3. The fourth-order valence-electron chi connectivity index (χ4n) is 7.39. The number of fused-ring (bicyclic) bond motifs is 9. The first-order valence-electron chi connectivity index (χ1n) is 19.0. The highest BCUT2D eigenvalue weighted by molar-refractivity contribution is 7.26. The first-order valence-corrected chi connectivity index (χ1v) is 17.4. The van der Waals surface area contributed by atoms with Gasteiger partial charge in [0.1, 0.15) is 5.58 Å². The van der Waals surface area contributed by atoms with Crippen LogP contribution in [0.3, 0.4) is 0 Å². The molecule has 0 aliphatic heterocycles. The first-order chi connectivity index (χ1) is 27.4. The molecular weight excluding hydrogens is 645 g/mol. The lowest BCUT2D eigenvalue weighted by Crippen LogP contribution is -2.00. The summed E-state index contributed by atoms with van der Waals surface area (Å²) >= 11 is 1.63. The molecular formula is C45H26N4OS. The van der Waals surface area contributed by atoms with E-state index in [-0.39, 0.29) is 29.3 Å². The Kier molecular flexibility index (Phi) is 5.08. The zero-order valence-electron chi connectivity index (χ0n) is 31.7. The molecule has 4 aromatic heterocycles. The largest absolute Gasteiger partial charge is 0.454 e. The van der Waals surface area contributed by atoms with Gasteiger partial charge in [0.15, 0.2) is 23.1 Å². The molecule has 0 aliphatic carbocycles. The van der Waals surface area contributed by atoms with Gasteiger partial charge in [0.05, 0.1) is 23.6 Å². The van der Waals surface area contributed by atoms with Gasteiger partial charge in [0, 0.05) is 58.4 Å². The third-order valence-electron chi connectivity index (χ3n) is 9.57. The van der Waals surface area contributed by atoms with Crippen LogP contribution in [0, 0.1) is 0 Å². The molecule has 0 saturated heterocycles. The molecule has 0 atom stereocenters. The van der Waals surface area contributed by atoms with E-state index < -0.39 is 18.1 Å². The molecule has 5 nitrogen and oxygen atoms in total. The quantitative estimate of drug-likeness (QED) is 0.186. The topological polar surface area (TPSA) is 56.7 Å². The van der Waals surface area contributed by atoms with Crippen molar-refractivity contribution in [3.63, 3.8) is 0 Å². The molecule has 11 rings (SSSR count). The number of thiophene rings is 1. The van der Waals surface area contributed by atoms with Crippen LogP contribution in [-0.4, -0.2) is 19.5 Å². The van der Waals surface area contributed by atoms with Crippen LogP contribution in [0.1, 0.15) is 6.85 Å². The van der Waals surface area contributed by atoms with Crippen LogP contribution in [0.15, 0.2) is 162 Å². The summed E-state index contributed by atoms with van der Waals surface area (Å²) in [6, 6.07) is 40.5. The van der Waals surface area contributed by atoms with Gasteiger partial charge in [-0.1, -0.05) is 121 Å². The molecule has 0 N–H and O–H groups in total. The Morgan fingerprint density at radius 2 is 1.14 bits per heavy atom. The number of rotatable bonds is 4. The van der Waals surface area contributed by atoms with E-state index in [0.29, 0.717) is 22.6 Å². The normalized spacial score (nSPS) is 13.3. The number of hydrogen-bond acceptors (Lipinski definition) is 5. The summed E-state index contributed by atoms with van der Waals surface area (Å²) in [5, 5.41) is 6.09. The van der Waals surface area contributed by atoms with E-state index in [9.17, 15) is 0 Å². The van der Waals surface area contributed by atoms with Crippen LogP contribution in [0.2, 0.25) is 0 Å². The maximum absolute atomic E-state index is 8.86. The summed E-state index contributed by atoms with van der Waals surface area (Å²) in [7, 11) is 0. The average Bonchev–Trinajstić information content (AvgIpc) is 3.92. The van der Waals surface area contributed by atoms with Crippen molar-refractivity contribution >= 4 is 75.3 Å². The van der Waals surface area contributed by atoms with Crippen LogP contribution in [0.25, 0.3) is 104 Å². The number of benzene rings is 7. The third kappa shape index (κ3) is 4.24. The van der Waals surface area contributed by atoms with Crippen molar-refractivity contribution < 1.29 is 11.3 Å². The Balaban J connectivity index is 1.21. The molecule has 4 heterocycles. The van der Waals surface area contributed by atoms with E-state index in [1.54, 1.807) is 11.3 Å². The van der Waals surface area contributed by atoms with Gasteiger partial charge in [-0.3, -0.25) is 0 Å². The summed E-state index contributed by atoms with van der Waals surface area (Å²) < 4.78 is 53.9. The van der Waals surface area contributed by atoms with Gasteiger partial charge in [0.2, 0.25) is 0 Å². The molecule has 0 saturated carbocycles.